The molecule has 0 radical (unpaired) electrons. The van der Waals surface area contributed by atoms with Crippen molar-refractivity contribution in [3.05, 3.63) is 88.9 Å². The van der Waals surface area contributed by atoms with Crippen molar-refractivity contribution < 1.29 is 22.7 Å². The van der Waals surface area contributed by atoms with Crippen molar-refractivity contribution in [2.45, 2.75) is 57.6 Å². The second kappa shape index (κ2) is 13.7. The van der Waals surface area contributed by atoms with Crippen molar-refractivity contribution in [1.82, 2.24) is 10.2 Å². The molecule has 10 heteroatoms. The Balaban J connectivity index is 2.08. The van der Waals surface area contributed by atoms with Gasteiger partial charge in [0.05, 0.1) is 22.7 Å². The Hall–Kier alpha value is -3.56. The van der Waals surface area contributed by atoms with Crippen LogP contribution in [0, 0.1) is 6.92 Å². The molecule has 1 N–H and O–H groups in total. The zero-order chi connectivity index (χ0) is 29.4. The molecule has 0 spiro atoms. The normalized spacial score (nSPS) is 12.1. The fraction of sp³-hybridized carbons (Fsp3) is 0.333. The Morgan fingerprint density at radius 1 is 1.00 bits per heavy atom. The lowest BCUT2D eigenvalue weighted by Gasteiger charge is -2.33. The number of hydrogen-bond donors (Lipinski definition) is 1. The number of carbonyl (C=O) groups excluding carboxylic acids is 2. The molecule has 40 heavy (non-hydrogen) atoms. The van der Waals surface area contributed by atoms with E-state index in [0.29, 0.717) is 12.2 Å². The molecular weight excluding hydrogens is 550 g/mol. The number of amides is 2. The summed E-state index contributed by atoms with van der Waals surface area (Å²) in [5.41, 5.74) is 2.07. The lowest BCUT2D eigenvalue weighted by Crippen LogP contribution is -2.53. The number of sulfonamides is 1. The number of carbonyl (C=O) groups is 2. The van der Waals surface area contributed by atoms with E-state index in [0.717, 1.165) is 15.4 Å². The van der Waals surface area contributed by atoms with Crippen LogP contribution in [0.5, 0.6) is 5.75 Å². The maximum Gasteiger partial charge on any atom is 0.264 e. The summed E-state index contributed by atoms with van der Waals surface area (Å²) < 4.78 is 34.0. The van der Waals surface area contributed by atoms with Crippen LogP contribution in [0.15, 0.2) is 77.7 Å². The van der Waals surface area contributed by atoms with Crippen molar-refractivity contribution in [3.63, 3.8) is 0 Å². The Morgan fingerprint density at radius 2 is 1.65 bits per heavy atom. The molecule has 214 valence electrons. The van der Waals surface area contributed by atoms with Crippen LogP contribution >= 0.6 is 11.6 Å². The van der Waals surface area contributed by atoms with E-state index in [-0.39, 0.29) is 34.1 Å². The number of halogens is 1. The van der Waals surface area contributed by atoms with Crippen molar-refractivity contribution in [2.75, 3.05) is 18.0 Å². The fourth-order valence-electron chi connectivity index (χ4n) is 4.25. The number of benzene rings is 3. The molecule has 2 amide bonds. The lowest BCUT2D eigenvalue weighted by molar-refractivity contribution is -0.140. The van der Waals surface area contributed by atoms with Gasteiger partial charge < -0.3 is 15.0 Å². The molecule has 0 aliphatic carbocycles. The Kier molecular flexibility index (Phi) is 10.6. The molecule has 3 aromatic rings. The predicted octanol–water partition coefficient (Wildman–Crippen LogP) is 5.18. The maximum atomic E-state index is 14.1. The van der Waals surface area contributed by atoms with E-state index in [1.807, 2.05) is 52.0 Å². The van der Waals surface area contributed by atoms with Crippen LogP contribution in [0.25, 0.3) is 0 Å². The Labute approximate surface area is 241 Å². The quantitative estimate of drug-likeness (QED) is 0.316. The summed E-state index contributed by atoms with van der Waals surface area (Å²) in [6.07, 6.45) is 0.343. The molecule has 1 atom stereocenters. The van der Waals surface area contributed by atoms with Gasteiger partial charge >= 0.3 is 0 Å². The summed E-state index contributed by atoms with van der Waals surface area (Å²) in [7, 11) is -2.73. The van der Waals surface area contributed by atoms with Crippen molar-refractivity contribution >= 4 is 39.1 Å². The molecular formula is C30H36ClN3O5S. The topological polar surface area (TPSA) is 96.0 Å². The highest BCUT2D eigenvalue weighted by atomic mass is 35.5. The first kappa shape index (κ1) is 31.0. The number of hydrogen-bond acceptors (Lipinski definition) is 5. The summed E-state index contributed by atoms with van der Waals surface area (Å²) in [5, 5.41) is 3.08. The van der Waals surface area contributed by atoms with E-state index in [4.69, 9.17) is 16.3 Å². The van der Waals surface area contributed by atoms with Crippen LogP contribution < -0.4 is 14.4 Å². The zero-order valence-electron chi connectivity index (χ0n) is 23.4. The van der Waals surface area contributed by atoms with Gasteiger partial charge in [-0.2, -0.15) is 0 Å². The third kappa shape index (κ3) is 7.55. The van der Waals surface area contributed by atoms with Gasteiger partial charge in [-0.15, -0.1) is 0 Å². The van der Waals surface area contributed by atoms with Crippen molar-refractivity contribution in [3.8, 4) is 5.75 Å². The first-order chi connectivity index (χ1) is 19.0. The van der Waals surface area contributed by atoms with Crippen molar-refractivity contribution in [2.24, 2.45) is 0 Å². The first-order valence-corrected chi connectivity index (χ1v) is 14.9. The highest BCUT2D eigenvalue weighted by Gasteiger charge is 2.34. The molecule has 0 saturated heterocycles. The number of rotatable bonds is 12. The van der Waals surface area contributed by atoms with E-state index in [1.54, 1.807) is 24.3 Å². The SMILES string of the molecule is CC[C@@H](C(=O)NC(C)C)N(Cc1ccc(C)cc1)C(=O)CN(c1ccc(OC)c(Cl)c1)S(=O)(=O)c1ccccc1. The summed E-state index contributed by atoms with van der Waals surface area (Å²) in [6, 6.07) is 19.1. The zero-order valence-corrected chi connectivity index (χ0v) is 25.0. The molecule has 3 rings (SSSR count). The van der Waals surface area contributed by atoms with Crippen LogP contribution in [0.3, 0.4) is 0 Å². The van der Waals surface area contributed by atoms with Crippen LogP contribution in [-0.2, 0) is 26.2 Å². The van der Waals surface area contributed by atoms with Crippen LogP contribution in [-0.4, -0.2) is 50.9 Å². The van der Waals surface area contributed by atoms with Gasteiger partial charge in [-0.1, -0.05) is 66.6 Å². The highest BCUT2D eigenvalue weighted by Crippen LogP contribution is 2.32. The standard InChI is InChI=1S/C30H36ClN3O5S/c1-6-27(30(36)32-21(2)3)33(19-23-14-12-22(4)13-15-23)29(35)20-34(24-16-17-28(39-5)26(31)18-24)40(37,38)25-10-8-7-9-11-25/h7-18,21,27H,6,19-20H2,1-5H3,(H,32,36)/t27-/m0/s1. The monoisotopic (exact) mass is 585 g/mol. The van der Waals surface area contributed by atoms with Gasteiger partial charge in [-0.05, 0) is 63.1 Å². The number of nitrogens with zero attached hydrogens (tertiary/aromatic N) is 2. The van der Waals surface area contributed by atoms with E-state index < -0.39 is 28.5 Å². The van der Waals surface area contributed by atoms with Gasteiger partial charge in [0.2, 0.25) is 11.8 Å². The average molecular weight is 586 g/mol. The molecule has 0 bridgehead atoms. The van der Waals surface area contributed by atoms with Crippen LogP contribution in [0.1, 0.15) is 38.3 Å². The molecule has 0 fully saturated rings. The largest absolute Gasteiger partial charge is 0.495 e. The average Bonchev–Trinajstić information content (AvgIpc) is 2.92. The van der Waals surface area contributed by atoms with Crippen LogP contribution in [0.4, 0.5) is 5.69 Å². The molecule has 0 unspecified atom stereocenters. The Morgan fingerprint density at radius 3 is 2.20 bits per heavy atom. The molecule has 8 nitrogen and oxygen atoms in total. The van der Waals surface area contributed by atoms with Gasteiger partial charge in [-0.3, -0.25) is 13.9 Å². The minimum absolute atomic E-state index is 0.0180. The number of ether oxygens (including phenoxy) is 1. The third-order valence-electron chi connectivity index (χ3n) is 6.32. The summed E-state index contributed by atoms with van der Waals surface area (Å²) >= 11 is 6.36. The van der Waals surface area contributed by atoms with Gasteiger partial charge in [0, 0.05) is 12.6 Å². The highest BCUT2D eigenvalue weighted by molar-refractivity contribution is 7.92. The first-order valence-electron chi connectivity index (χ1n) is 13.0. The summed E-state index contributed by atoms with van der Waals surface area (Å²) in [6.45, 7) is 7.06. The number of methoxy groups -OCH3 is 1. The minimum Gasteiger partial charge on any atom is -0.495 e. The van der Waals surface area contributed by atoms with Gasteiger partial charge in [0.25, 0.3) is 10.0 Å². The van der Waals surface area contributed by atoms with Gasteiger partial charge in [0.15, 0.2) is 0 Å². The fourth-order valence-corrected chi connectivity index (χ4v) is 5.93. The smallest absolute Gasteiger partial charge is 0.264 e. The maximum absolute atomic E-state index is 14.1. The number of aryl methyl sites for hydroxylation is 1. The molecule has 3 aromatic carbocycles. The van der Waals surface area contributed by atoms with Gasteiger partial charge in [-0.25, -0.2) is 8.42 Å². The third-order valence-corrected chi connectivity index (χ3v) is 8.41. The molecule has 0 saturated carbocycles. The summed E-state index contributed by atoms with van der Waals surface area (Å²) in [4.78, 5) is 28.7. The molecule has 0 aliphatic heterocycles. The van der Waals surface area contributed by atoms with E-state index in [1.165, 1.54) is 36.3 Å². The second-order valence-corrected chi connectivity index (χ2v) is 12.0. The summed E-state index contributed by atoms with van der Waals surface area (Å²) in [5.74, 6) is -0.466. The van der Waals surface area contributed by atoms with Crippen LogP contribution in [0.2, 0.25) is 5.02 Å². The Bertz CT molecular complexity index is 1410. The molecule has 0 heterocycles. The van der Waals surface area contributed by atoms with E-state index in [9.17, 15) is 18.0 Å². The van der Waals surface area contributed by atoms with Gasteiger partial charge in [0.1, 0.15) is 18.3 Å². The second-order valence-electron chi connectivity index (χ2n) is 9.74. The molecule has 0 aromatic heterocycles. The van der Waals surface area contributed by atoms with E-state index >= 15 is 0 Å². The molecule has 0 aliphatic rings. The number of anilines is 1. The lowest BCUT2D eigenvalue weighted by atomic mass is 10.1. The van der Waals surface area contributed by atoms with Crippen molar-refractivity contribution in [1.29, 1.82) is 0 Å². The van der Waals surface area contributed by atoms with E-state index in [2.05, 4.69) is 5.32 Å². The predicted molar refractivity (Wildman–Crippen MR) is 158 cm³/mol. The number of nitrogens with one attached hydrogen (secondary N) is 1. The minimum atomic E-state index is -4.18.